The number of aromatic nitrogens is 4. The highest BCUT2D eigenvalue weighted by Crippen LogP contribution is 2.48. The van der Waals surface area contributed by atoms with Crippen molar-refractivity contribution in [3.05, 3.63) is 182 Å². The summed E-state index contributed by atoms with van der Waals surface area (Å²) in [5, 5.41) is 11.9. The first-order valence-corrected chi connectivity index (χ1v) is 18.0. The van der Waals surface area contributed by atoms with E-state index in [1.54, 1.807) is 0 Å². The van der Waals surface area contributed by atoms with Crippen LogP contribution in [0.4, 0.5) is 0 Å². The molecule has 2 aromatic heterocycles. The smallest absolute Gasteiger partial charge is 0.238 e. The van der Waals surface area contributed by atoms with Crippen LogP contribution in [0.25, 0.3) is 105 Å². The van der Waals surface area contributed by atoms with Crippen LogP contribution in [-0.2, 0) is 0 Å². The molecule has 4 heteroatoms. The molecule has 11 aromatic rings. The number of hydrogen-bond acceptors (Lipinski definition) is 3. The Morgan fingerprint density at radius 3 is 1.51 bits per heavy atom. The molecule has 246 valence electrons. The fourth-order valence-corrected chi connectivity index (χ4v) is 8.29. The Morgan fingerprint density at radius 2 is 0.849 bits per heavy atom. The Labute approximate surface area is 305 Å². The number of benzene rings is 9. The number of rotatable bonds is 4. The van der Waals surface area contributed by atoms with Crippen molar-refractivity contribution in [3.63, 3.8) is 0 Å². The van der Waals surface area contributed by atoms with Gasteiger partial charge in [-0.05, 0) is 44.1 Å². The molecule has 0 bridgehead atoms. The lowest BCUT2D eigenvalue weighted by atomic mass is 9.88. The molecule has 0 fully saturated rings. The predicted octanol–water partition coefficient (Wildman–Crippen LogP) is 12.6. The van der Waals surface area contributed by atoms with Crippen molar-refractivity contribution in [1.82, 2.24) is 19.5 Å². The normalized spacial score (nSPS) is 11.8. The zero-order chi connectivity index (χ0) is 34.9. The summed E-state index contributed by atoms with van der Waals surface area (Å²) in [7, 11) is 0. The number of hydrogen-bond donors (Lipinski definition) is 0. The second-order valence-electron chi connectivity index (χ2n) is 13.6. The lowest BCUT2D eigenvalue weighted by Gasteiger charge is -2.16. The van der Waals surface area contributed by atoms with E-state index in [2.05, 4.69) is 150 Å². The van der Waals surface area contributed by atoms with Crippen LogP contribution in [0.15, 0.2) is 182 Å². The molecule has 0 radical (unpaired) electrons. The molecule has 9 aromatic carbocycles. The zero-order valence-corrected chi connectivity index (χ0v) is 28.6. The van der Waals surface area contributed by atoms with Crippen molar-refractivity contribution in [2.75, 3.05) is 0 Å². The lowest BCUT2D eigenvalue weighted by molar-refractivity contribution is 0.957. The Balaban J connectivity index is 1.39. The van der Waals surface area contributed by atoms with Gasteiger partial charge in [-0.3, -0.25) is 4.57 Å². The third kappa shape index (κ3) is 4.52. The first-order chi connectivity index (χ1) is 26.3. The standard InChI is InChI=1S/C49H30N4/c1-4-16-31(17-5-1)41-30-42-37-25-13-15-27-39(37)46-44(43(42)38-26-14-12-24-36(38)41)40-29-28-32-18-10-11-23-35(32)45(40)53(46)49-51-47(33-19-6-2-7-20-33)50-48(52-49)34-21-8-3-9-22-34/h1-30H. The number of fused-ring (bicyclic) bond motifs is 12. The minimum Gasteiger partial charge on any atom is -0.277 e. The van der Waals surface area contributed by atoms with Crippen molar-refractivity contribution >= 4 is 64.9 Å². The first kappa shape index (κ1) is 29.5. The second-order valence-corrected chi connectivity index (χ2v) is 13.6. The molecule has 0 spiro atoms. The quantitative estimate of drug-likeness (QED) is 0.175. The van der Waals surface area contributed by atoms with E-state index in [0.717, 1.165) is 43.7 Å². The Bertz CT molecular complexity index is 3150. The van der Waals surface area contributed by atoms with Crippen LogP contribution < -0.4 is 0 Å². The Morgan fingerprint density at radius 1 is 0.321 bits per heavy atom. The Hall–Kier alpha value is -7.17. The summed E-state index contributed by atoms with van der Waals surface area (Å²) in [4.78, 5) is 15.7. The van der Waals surface area contributed by atoms with E-state index in [4.69, 9.17) is 15.0 Å². The van der Waals surface area contributed by atoms with E-state index < -0.39 is 0 Å². The van der Waals surface area contributed by atoms with Gasteiger partial charge < -0.3 is 0 Å². The molecule has 53 heavy (non-hydrogen) atoms. The van der Waals surface area contributed by atoms with E-state index in [9.17, 15) is 0 Å². The fourth-order valence-electron chi connectivity index (χ4n) is 8.29. The van der Waals surface area contributed by atoms with Gasteiger partial charge in [0.15, 0.2) is 11.6 Å². The van der Waals surface area contributed by atoms with Gasteiger partial charge in [0.2, 0.25) is 5.95 Å². The van der Waals surface area contributed by atoms with Crippen molar-refractivity contribution in [1.29, 1.82) is 0 Å². The molecule has 0 saturated carbocycles. The van der Waals surface area contributed by atoms with E-state index in [-0.39, 0.29) is 0 Å². The third-order valence-electron chi connectivity index (χ3n) is 10.6. The maximum atomic E-state index is 5.32. The molecule has 0 atom stereocenters. The molecule has 0 saturated heterocycles. The molecule has 0 aliphatic rings. The van der Waals surface area contributed by atoms with Crippen LogP contribution in [0.5, 0.6) is 0 Å². The molecular formula is C49H30N4. The van der Waals surface area contributed by atoms with E-state index in [1.807, 2.05) is 36.4 Å². The van der Waals surface area contributed by atoms with Gasteiger partial charge in [0.25, 0.3) is 0 Å². The van der Waals surface area contributed by atoms with Crippen LogP contribution in [-0.4, -0.2) is 19.5 Å². The third-order valence-corrected chi connectivity index (χ3v) is 10.6. The minimum absolute atomic E-state index is 0.587. The first-order valence-electron chi connectivity index (χ1n) is 18.0. The molecule has 11 rings (SSSR count). The maximum absolute atomic E-state index is 5.32. The SMILES string of the molecule is c1ccc(-c2nc(-c3ccccc3)nc(-n3c4c5ccccc5ccc4c4c5c6ccccc6c(-c6ccccc6)cc5c5ccccc5c43)n2)cc1. The summed E-state index contributed by atoms with van der Waals surface area (Å²) < 4.78 is 2.31. The van der Waals surface area contributed by atoms with Gasteiger partial charge in [-0.15, -0.1) is 0 Å². The molecule has 0 unspecified atom stereocenters. The second kappa shape index (κ2) is 11.7. The van der Waals surface area contributed by atoms with Gasteiger partial charge in [0, 0.05) is 38.1 Å². The highest BCUT2D eigenvalue weighted by atomic mass is 15.2. The van der Waals surface area contributed by atoms with Crippen LogP contribution in [0.1, 0.15) is 0 Å². The summed E-state index contributed by atoms with van der Waals surface area (Å²) in [5.74, 6) is 1.85. The van der Waals surface area contributed by atoms with Crippen molar-refractivity contribution in [3.8, 4) is 39.9 Å². The molecular weight excluding hydrogens is 645 g/mol. The van der Waals surface area contributed by atoms with E-state index in [1.165, 1.54) is 43.4 Å². The zero-order valence-electron chi connectivity index (χ0n) is 28.6. The monoisotopic (exact) mass is 674 g/mol. The van der Waals surface area contributed by atoms with E-state index in [0.29, 0.717) is 17.6 Å². The average molecular weight is 675 g/mol. The van der Waals surface area contributed by atoms with Gasteiger partial charge >= 0.3 is 0 Å². The summed E-state index contributed by atoms with van der Waals surface area (Å²) in [6.07, 6.45) is 0. The van der Waals surface area contributed by atoms with Crippen molar-refractivity contribution in [2.24, 2.45) is 0 Å². The largest absolute Gasteiger partial charge is 0.277 e. The molecule has 0 aliphatic carbocycles. The molecule has 0 aliphatic heterocycles. The summed E-state index contributed by atoms with van der Waals surface area (Å²) in [5.41, 5.74) is 6.47. The van der Waals surface area contributed by atoms with Gasteiger partial charge in [0.05, 0.1) is 11.0 Å². The van der Waals surface area contributed by atoms with Crippen molar-refractivity contribution in [2.45, 2.75) is 0 Å². The predicted molar refractivity (Wildman–Crippen MR) is 220 cm³/mol. The van der Waals surface area contributed by atoms with E-state index >= 15 is 0 Å². The fraction of sp³-hybridized carbons (Fsp3) is 0. The summed E-state index contributed by atoms with van der Waals surface area (Å²) in [6.45, 7) is 0. The molecule has 4 nitrogen and oxygen atoms in total. The van der Waals surface area contributed by atoms with Crippen molar-refractivity contribution < 1.29 is 0 Å². The maximum Gasteiger partial charge on any atom is 0.238 e. The molecule has 0 amide bonds. The topological polar surface area (TPSA) is 43.6 Å². The lowest BCUT2D eigenvalue weighted by Crippen LogP contribution is -2.07. The van der Waals surface area contributed by atoms with Crippen LogP contribution in [0.2, 0.25) is 0 Å². The van der Waals surface area contributed by atoms with Gasteiger partial charge in [0.1, 0.15) is 0 Å². The Kier molecular flexibility index (Phi) is 6.52. The van der Waals surface area contributed by atoms with Gasteiger partial charge in [-0.1, -0.05) is 176 Å². The molecule has 0 N–H and O–H groups in total. The summed E-state index contributed by atoms with van der Waals surface area (Å²) in [6, 6.07) is 64.4. The van der Waals surface area contributed by atoms with Gasteiger partial charge in [-0.25, -0.2) is 4.98 Å². The highest BCUT2D eigenvalue weighted by Gasteiger charge is 2.25. The van der Waals surface area contributed by atoms with Crippen LogP contribution >= 0.6 is 0 Å². The average Bonchev–Trinajstić information content (AvgIpc) is 3.60. The van der Waals surface area contributed by atoms with Gasteiger partial charge in [-0.2, -0.15) is 9.97 Å². The number of nitrogens with zero attached hydrogens (tertiary/aromatic N) is 4. The van der Waals surface area contributed by atoms with Crippen LogP contribution in [0.3, 0.4) is 0 Å². The van der Waals surface area contributed by atoms with Crippen LogP contribution in [0, 0.1) is 0 Å². The molecule has 2 heterocycles. The highest BCUT2D eigenvalue weighted by molar-refractivity contribution is 6.39. The minimum atomic E-state index is 0.587. The summed E-state index contributed by atoms with van der Waals surface area (Å²) >= 11 is 0.